The zero-order valence-corrected chi connectivity index (χ0v) is 13.9. The Balaban J connectivity index is 2.72. The molecule has 21 heavy (non-hydrogen) atoms. The molecule has 0 radical (unpaired) electrons. The van der Waals surface area contributed by atoms with Gasteiger partial charge in [-0.3, -0.25) is 0 Å². The van der Waals surface area contributed by atoms with Crippen molar-refractivity contribution in [2.24, 2.45) is 0 Å². The van der Waals surface area contributed by atoms with E-state index in [-0.39, 0.29) is 6.04 Å². The average molecular weight is 299 g/mol. The van der Waals surface area contributed by atoms with E-state index in [1.54, 1.807) is 7.11 Å². The van der Waals surface area contributed by atoms with Crippen LogP contribution >= 0.6 is 0 Å². The zero-order valence-electron chi connectivity index (χ0n) is 13.9. The molecule has 1 heterocycles. The highest BCUT2D eigenvalue weighted by atomic mass is 16.5. The summed E-state index contributed by atoms with van der Waals surface area (Å²) in [5.41, 5.74) is -0.482. The first-order valence-corrected chi connectivity index (χ1v) is 7.78. The number of hydrogen-bond acceptors (Lipinski definition) is 6. The lowest BCUT2D eigenvalue weighted by atomic mass is 10.0. The molecule has 1 aromatic heterocycles. The van der Waals surface area contributed by atoms with Crippen LogP contribution in [0.5, 0.6) is 0 Å². The topological polar surface area (TPSA) is 69.4 Å². The van der Waals surface area contributed by atoms with Crippen LogP contribution in [0.2, 0.25) is 0 Å². The minimum absolute atomic E-state index is 0.184. The van der Waals surface area contributed by atoms with Crippen molar-refractivity contribution in [1.29, 1.82) is 0 Å². The largest absolute Gasteiger partial charge is 0.383 e. The number of aromatic nitrogens is 2. The van der Waals surface area contributed by atoms with Crippen molar-refractivity contribution in [3.63, 3.8) is 0 Å². The Morgan fingerprint density at radius 2 is 2.10 bits per heavy atom. The molecule has 1 rings (SSSR count). The van der Waals surface area contributed by atoms with E-state index in [2.05, 4.69) is 29.3 Å². The van der Waals surface area contributed by atoms with Crippen molar-refractivity contribution in [1.82, 2.24) is 15.5 Å². The van der Waals surface area contributed by atoms with Gasteiger partial charge in [-0.25, -0.2) is 0 Å². The maximum Gasteiger partial charge on any atom is 0.228 e. The molecule has 6 heteroatoms. The number of hydrogen-bond donors (Lipinski definition) is 1. The molecule has 1 N–H and O–H groups in total. The molecule has 0 saturated carbocycles. The Morgan fingerprint density at radius 1 is 1.33 bits per heavy atom. The number of methoxy groups -OCH3 is 1. The summed E-state index contributed by atoms with van der Waals surface area (Å²) in [5.74, 6) is 1.24. The molecular weight excluding hydrogens is 270 g/mol. The molecule has 0 fully saturated rings. The molecule has 0 spiro atoms. The van der Waals surface area contributed by atoms with E-state index in [9.17, 15) is 0 Å². The van der Waals surface area contributed by atoms with Gasteiger partial charge in [-0.2, -0.15) is 4.98 Å². The third-order valence-electron chi connectivity index (χ3n) is 3.55. The summed E-state index contributed by atoms with van der Waals surface area (Å²) in [6.45, 7) is 10.3. The van der Waals surface area contributed by atoms with E-state index in [0.29, 0.717) is 31.3 Å². The number of rotatable bonds is 11. The van der Waals surface area contributed by atoms with Crippen molar-refractivity contribution in [2.45, 2.75) is 58.6 Å². The van der Waals surface area contributed by atoms with Crippen LogP contribution < -0.4 is 5.32 Å². The maximum atomic E-state index is 5.77. The van der Waals surface area contributed by atoms with Gasteiger partial charge >= 0.3 is 0 Å². The predicted octanol–water partition coefficient (Wildman–Crippen LogP) is 2.29. The van der Waals surface area contributed by atoms with Gasteiger partial charge < -0.3 is 19.3 Å². The molecule has 1 aromatic rings. The van der Waals surface area contributed by atoms with Crippen molar-refractivity contribution in [3.05, 3.63) is 11.7 Å². The lowest BCUT2D eigenvalue weighted by molar-refractivity contribution is -0.0403. The summed E-state index contributed by atoms with van der Waals surface area (Å²) < 4.78 is 16.4. The first-order chi connectivity index (χ1) is 10.1. The monoisotopic (exact) mass is 299 g/mol. The summed E-state index contributed by atoms with van der Waals surface area (Å²) in [6.07, 6.45) is 2.54. The number of nitrogens with one attached hydrogen (secondary N) is 1. The average Bonchev–Trinajstić information content (AvgIpc) is 2.94. The Bertz CT molecular complexity index is 397. The van der Waals surface area contributed by atoms with E-state index in [1.807, 2.05) is 13.8 Å². The van der Waals surface area contributed by atoms with Gasteiger partial charge in [0.2, 0.25) is 11.7 Å². The van der Waals surface area contributed by atoms with Crippen molar-refractivity contribution < 1.29 is 14.0 Å². The molecular formula is C15H29N3O3. The second-order valence-corrected chi connectivity index (χ2v) is 5.34. The highest BCUT2D eigenvalue weighted by Crippen LogP contribution is 2.26. The van der Waals surface area contributed by atoms with Gasteiger partial charge in [-0.1, -0.05) is 19.0 Å². The van der Waals surface area contributed by atoms with Crippen LogP contribution in [0, 0.1) is 0 Å². The predicted molar refractivity (Wildman–Crippen MR) is 81.2 cm³/mol. The number of nitrogens with zero attached hydrogens (tertiary/aromatic N) is 2. The van der Waals surface area contributed by atoms with Crippen molar-refractivity contribution in [2.75, 3.05) is 26.9 Å². The highest BCUT2D eigenvalue weighted by molar-refractivity contribution is 5.00. The molecule has 0 amide bonds. The molecule has 0 aliphatic heterocycles. The van der Waals surface area contributed by atoms with Gasteiger partial charge in [-0.05, 0) is 33.2 Å². The fourth-order valence-electron chi connectivity index (χ4n) is 2.15. The van der Waals surface area contributed by atoms with Gasteiger partial charge in [0.15, 0.2) is 0 Å². The quantitative estimate of drug-likeness (QED) is 0.676. The summed E-state index contributed by atoms with van der Waals surface area (Å²) >= 11 is 0. The van der Waals surface area contributed by atoms with Gasteiger partial charge in [0.25, 0.3) is 0 Å². The van der Waals surface area contributed by atoms with E-state index in [1.165, 1.54) is 0 Å². The Kier molecular flexibility index (Phi) is 7.85. The fraction of sp³-hybridized carbons (Fsp3) is 0.867. The Morgan fingerprint density at radius 3 is 2.67 bits per heavy atom. The third kappa shape index (κ3) is 5.37. The van der Waals surface area contributed by atoms with Crippen LogP contribution in [-0.4, -0.2) is 43.1 Å². The first-order valence-electron chi connectivity index (χ1n) is 7.78. The molecule has 0 bridgehead atoms. The maximum absolute atomic E-state index is 5.77. The van der Waals surface area contributed by atoms with Crippen LogP contribution in [0.25, 0.3) is 0 Å². The molecule has 0 aromatic carbocycles. The van der Waals surface area contributed by atoms with Crippen LogP contribution in [0.15, 0.2) is 4.52 Å². The second kappa shape index (κ2) is 9.12. The smallest absolute Gasteiger partial charge is 0.228 e. The van der Waals surface area contributed by atoms with Crippen molar-refractivity contribution in [3.8, 4) is 0 Å². The van der Waals surface area contributed by atoms with Crippen LogP contribution in [-0.2, 0) is 21.5 Å². The van der Waals surface area contributed by atoms with Crippen LogP contribution in [0.3, 0.4) is 0 Å². The molecule has 0 aliphatic carbocycles. The molecule has 0 saturated heterocycles. The standard InChI is InChI=1S/C15H29N3O3/c1-6-9-16-12(11-19-5)10-13-17-14(18-21-13)15(4,7-2)20-8-3/h12,16H,6-11H2,1-5H3. The first kappa shape index (κ1) is 18.1. The van der Waals surface area contributed by atoms with E-state index in [0.717, 1.165) is 19.4 Å². The molecule has 2 unspecified atom stereocenters. The van der Waals surface area contributed by atoms with Gasteiger partial charge in [0.1, 0.15) is 5.60 Å². The normalized spacial score (nSPS) is 15.9. The van der Waals surface area contributed by atoms with E-state index in [4.69, 9.17) is 14.0 Å². The summed E-state index contributed by atoms with van der Waals surface area (Å²) in [6, 6.07) is 0.184. The van der Waals surface area contributed by atoms with Gasteiger partial charge in [-0.15, -0.1) is 0 Å². The second-order valence-electron chi connectivity index (χ2n) is 5.34. The highest BCUT2D eigenvalue weighted by Gasteiger charge is 2.31. The lowest BCUT2D eigenvalue weighted by Crippen LogP contribution is -2.35. The fourth-order valence-corrected chi connectivity index (χ4v) is 2.15. The molecule has 0 aliphatic rings. The molecule has 122 valence electrons. The Labute approximate surface area is 127 Å². The van der Waals surface area contributed by atoms with Crippen LogP contribution in [0.1, 0.15) is 52.3 Å². The number of ether oxygens (including phenoxy) is 2. The summed E-state index contributed by atoms with van der Waals surface area (Å²) in [5, 5.41) is 7.51. The SMILES string of the molecule is CCCNC(COC)Cc1nc(C(C)(CC)OCC)no1. The molecule has 2 atom stereocenters. The summed E-state index contributed by atoms with van der Waals surface area (Å²) in [7, 11) is 1.70. The van der Waals surface area contributed by atoms with E-state index < -0.39 is 5.60 Å². The minimum Gasteiger partial charge on any atom is -0.383 e. The lowest BCUT2D eigenvalue weighted by Gasteiger charge is -2.23. The minimum atomic E-state index is -0.482. The summed E-state index contributed by atoms with van der Waals surface area (Å²) in [4.78, 5) is 4.50. The van der Waals surface area contributed by atoms with Crippen LogP contribution in [0.4, 0.5) is 0 Å². The van der Waals surface area contributed by atoms with Gasteiger partial charge in [0, 0.05) is 26.2 Å². The van der Waals surface area contributed by atoms with Crippen molar-refractivity contribution >= 4 is 0 Å². The molecule has 6 nitrogen and oxygen atoms in total. The van der Waals surface area contributed by atoms with E-state index >= 15 is 0 Å². The third-order valence-corrected chi connectivity index (χ3v) is 3.55. The van der Waals surface area contributed by atoms with Gasteiger partial charge in [0.05, 0.1) is 6.61 Å². The zero-order chi connectivity index (χ0) is 15.7. The Hall–Kier alpha value is -0.980.